The number of anilines is 3. The molecule has 2 bridgehead atoms. The largest absolute Gasteiger partial charge is 0.351 e. The van der Waals surface area contributed by atoms with E-state index in [1.165, 1.54) is 6.42 Å². The first-order valence-electron chi connectivity index (χ1n) is 13.0. The molecule has 0 aliphatic carbocycles. The molecular weight excluding hydrogens is 474 g/mol. The summed E-state index contributed by atoms with van der Waals surface area (Å²) >= 11 is 1.61. The Morgan fingerprint density at radius 1 is 1.17 bits per heavy atom. The summed E-state index contributed by atoms with van der Waals surface area (Å²) in [5, 5.41) is 17.3. The number of likely N-dealkylation sites (N-methyl/N-ethyl adjacent to an activating group) is 1. The summed E-state index contributed by atoms with van der Waals surface area (Å²) in [6, 6.07) is 4.85. The second kappa shape index (κ2) is 9.95. The lowest BCUT2D eigenvalue weighted by Crippen LogP contribution is -2.59. The summed E-state index contributed by atoms with van der Waals surface area (Å²) in [5.41, 5.74) is 0.993. The summed E-state index contributed by atoms with van der Waals surface area (Å²) < 4.78 is 0. The van der Waals surface area contributed by atoms with E-state index in [4.69, 9.17) is 9.97 Å². The average molecular weight is 510 g/mol. The van der Waals surface area contributed by atoms with E-state index in [0.29, 0.717) is 30.5 Å². The van der Waals surface area contributed by atoms with Crippen LogP contribution >= 0.6 is 11.3 Å². The predicted octanol–water partition coefficient (Wildman–Crippen LogP) is 3.04. The molecule has 3 aliphatic heterocycles. The minimum Gasteiger partial charge on any atom is -0.351 e. The van der Waals surface area contributed by atoms with Crippen LogP contribution in [0, 0.1) is 6.92 Å². The van der Waals surface area contributed by atoms with E-state index in [1.807, 2.05) is 24.4 Å². The van der Waals surface area contributed by atoms with Crippen molar-refractivity contribution in [2.75, 3.05) is 50.4 Å². The number of carbonyl (C=O) groups excluding carboxylic acids is 1. The van der Waals surface area contributed by atoms with Crippen LogP contribution in [0.2, 0.25) is 0 Å². The number of piperidine rings is 2. The van der Waals surface area contributed by atoms with Crippen molar-refractivity contribution < 1.29 is 4.79 Å². The molecule has 0 radical (unpaired) electrons. The first-order chi connectivity index (χ1) is 17.5. The molecule has 3 aromatic heterocycles. The van der Waals surface area contributed by atoms with Crippen LogP contribution in [-0.2, 0) is 4.79 Å². The number of carbonyl (C=O) groups is 1. The van der Waals surface area contributed by atoms with Crippen LogP contribution < -0.4 is 10.6 Å². The van der Waals surface area contributed by atoms with E-state index in [-0.39, 0.29) is 6.04 Å². The fourth-order valence-corrected chi connectivity index (χ4v) is 6.75. The Kier molecular flexibility index (Phi) is 6.53. The van der Waals surface area contributed by atoms with Gasteiger partial charge < -0.3 is 20.4 Å². The molecule has 6 heterocycles. The van der Waals surface area contributed by atoms with Gasteiger partial charge in [-0.25, -0.2) is 4.98 Å². The molecular formula is C25H35N9OS. The summed E-state index contributed by atoms with van der Waals surface area (Å²) in [4.78, 5) is 30.8. The maximum Gasteiger partial charge on any atom is 0.237 e. The standard InChI is InChI=1S/C25H35N9OS/c1-16-12-21(31-30-16)27-23-20-6-11-36-24(20)29-25(28-23)26-17-13-18-4-3-5-19(14-17)34(18)22(35)15-33-9-7-32(2)8-10-33/h6,11-12,17-19H,3-5,7-10,13-15H2,1-2H3,(H3,26,27,28,29,30,31). The molecule has 3 fully saturated rings. The van der Waals surface area contributed by atoms with Gasteiger partial charge in [0.1, 0.15) is 10.6 Å². The van der Waals surface area contributed by atoms with Gasteiger partial charge in [-0.15, -0.1) is 11.3 Å². The van der Waals surface area contributed by atoms with E-state index >= 15 is 0 Å². The van der Waals surface area contributed by atoms with Gasteiger partial charge >= 0.3 is 0 Å². The molecule has 11 heteroatoms. The van der Waals surface area contributed by atoms with Crippen LogP contribution in [0.25, 0.3) is 10.2 Å². The number of nitrogens with zero attached hydrogens (tertiary/aromatic N) is 6. The Morgan fingerprint density at radius 2 is 1.94 bits per heavy atom. The SMILES string of the molecule is Cc1cc(Nc2nc(NC3CC4CCCC(C3)N4C(=O)CN3CCN(C)CC3)nc3sccc23)n[nH]1. The van der Waals surface area contributed by atoms with Gasteiger partial charge in [0.15, 0.2) is 5.82 Å². The minimum atomic E-state index is 0.255. The normalized spacial score (nSPS) is 25.3. The third-order valence-corrected chi connectivity index (χ3v) is 8.63. The number of amides is 1. The molecule has 192 valence electrons. The van der Waals surface area contributed by atoms with Crippen molar-refractivity contribution in [3.63, 3.8) is 0 Å². The van der Waals surface area contributed by atoms with Gasteiger partial charge in [0.2, 0.25) is 11.9 Å². The van der Waals surface area contributed by atoms with E-state index in [0.717, 1.165) is 79.4 Å². The van der Waals surface area contributed by atoms with Gasteiger partial charge in [-0.2, -0.15) is 10.1 Å². The molecule has 10 nitrogen and oxygen atoms in total. The number of fused-ring (bicyclic) bond motifs is 3. The number of hydrogen-bond acceptors (Lipinski definition) is 9. The van der Waals surface area contributed by atoms with Crippen molar-refractivity contribution >= 4 is 45.0 Å². The highest BCUT2D eigenvalue weighted by atomic mass is 32.1. The number of nitrogens with one attached hydrogen (secondary N) is 3. The summed E-state index contributed by atoms with van der Waals surface area (Å²) in [6.07, 6.45) is 5.25. The number of aromatic nitrogens is 4. The Hall–Kier alpha value is -2.76. The first-order valence-corrected chi connectivity index (χ1v) is 13.9. The van der Waals surface area contributed by atoms with Gasteiger partial charge in [-0.1, -0.05) is 0 Å². The van der Waals surface area contributed by atoms with Crippen molar-refractivity contribution in [1.29, 1.82) is 0 Å². The third-order valence-electron chi connectivity index (χ3n) is 7.83. The summed E-state index contributed by atoms with van der Waals surface area (Å²) in [6.45, 7) is 6.57. The van der Waals surface area contributed by atoms with Crippen LogP contribution in [0.5, 0.6) is 0 Å². The van der Waals surface area contributed by atoms with Crippen molar-refractivity contribution in [3.05, 3.63) is 23.2 Å². The number of hydrogen-bond donors (Lipinski definition) is 3. The number of aromatic amines is 1. The Balaban J connectivity index is 1.15. The molecule has 3 saturated heterocycles. The number of rotatable bonds is 6. The predicted molar refractivity (Wildman–Crippen MR) is 143 cm³/mol. The zero-order valence-electron chi connectivity index (χ0n) is 21.0. The second-order valence-corrected chi connectivity index (χ2v) is 11.4. The number of thiophene rings is 1. The summed E-state index contributed by atoms with van der Waals surface area (Å²) in [7, 11) is 2.15. The molecule has 0 spiro atoms. The second-order valence-electron chi connectivity index (χ2n) is 10.5. The average Bonchev–Trinajstić information content (AvgIpc) is 3.49. The van der Waals surface area contributed by atoms with Crippen LogP contribution in [0.15, 0.2) is 17.5 Å². The first kappa shape index (κ1) is 23.6. The van der Waals surface area contributed by atoms with E-state index in [2.05, 4.69) is 42.6 Å². The zero-order valence-corrected chi connectivity index (χ0v) is 21.9. The van der Waals surface area contributed by atoms with Crippen LogP contribution in [0.3, 0.4) is 0 Å². The number of piperazine rings is 1. The monoisotopic (exact) mass is 509 g/mol. The Labute approximate surface area is 215 Å². The van der Waals surface area contributed by atoms with Crippen LogP contribution in [-0.4, -0.2) is 98.7 Å². The van der Waals surface area contributed by atoms with Gasteiger partial charge in [-0.3, -0.25) is 14.8 Å². The van der Waals surface area contributed by atoms with E-state index in [9.17, 15) is 4.79 Å². The smallest absolute Gasteiger partial charge is 0.237 e. The fraction of sp³-hybridized carbons (Fsp3) is 0.600. The lowest BCUT2D eigenvalue weighted by molar-refractivity contribution is -0.142. The topological polar surface area (TPSA) is 105 Å². The molecule has 36 heavy (non-hydrogen) atoms. The highest BCUT2D eigenvalue weighted by Gasteiger charge is 2.41. The summed E-state index contributed by atoms with van der Waals surface area (Å²) in [5.74, 6) is 2.45. The van der Waals surface area contributed by atoms with Crippen molar-refractivity contribution in [3.8, 4) is 0 Å². The molecule has 3 aliphatic rings. The fourth-order valence-electron chi connectivity index (χ4n) is 5.99. The maximum atomic E-state index is 13.4. The molecule has 0 saturated carbocycles. The lowest BCUT2D eigenvalue weighted by Gasteiger charge is -2.49. The molecule has 6 rings (SSSR count). The van der Waals surface area contributed by atoms with Gasteiger partial charge in [0.05, 0.1) is 11.9 Å². The Bertz CT molecular complexity index is 1200. The lowest BCUT2D eigenvalue weighted by atomic mass is 9.81. The molecule has 3 N–H and O–H groups in total. The maximum absolute atomic E-state index is 13.4. The third kappa shape index (κ3) is 4.91. The molecule has 2 atom stereocenters. The van der Waals surface area contributed by atoms with Crippen molar-refractivity contribution in [2.24, 2.45) is 0 Å². The van der Waals surface area contributed by atoms with Crippen molar-refractivity contribution in [2.45, 2.75) is 57.2 Å². The van der Waals surface area contributed by atoms with Crippen LogP contribution in [0.1, 0.15) is 37.8 Å². The van der Waals surface area contributed by atoms with Crippen LogP contribution in [0.4, 0.5) is 17.6 Å². The van der Waals surface area contributed by atoms with Gasteiger partial charge in [-0.05, 0) is 57.5 Å². The molecule has 1 amide bonds. The van der Waals surface area contributed by atoms with E-state index < -0.39 is 0 Å². The highest BCUT2D eigenvalue weighted by molar-refractivity contribution is 7.16. The molecule has 2 unspecified atom stereocenters. The van der Waals surface area contributed by atoms with Crippen molar-refractivity contribution in [1.82, 2.24) is 34.9 Å². The van der Waals surface area contributed by atoms with Gasteiger partial charge in [0.25, 0.3) is 0 Å². The molecule has 3 aromatic rings. The number of H-pyrrole nitrogens is 1. The minimum absolute atomic E-state index is 0.255. The molecule has 0 aromatic carbocycles. The zero-order chi connectivity index (χ0) is 24.6. The number of aryl methyl sites for hydroxylation is 1. The van der Waals surface area contributed by atoms with E-state index in [1.54, 1.807) is 11.3 Å². The van der Waals surface area contributed by atoms with Gasteiger partial charge in [0, 0.05) is 56.1 Å². The highest BCUT2D eigenvalue weighted by Crippen LogP contribution is 2.36. The Morgan fingerprint density at radius 3 is 2.67 bits per heavy atom. The quantitative estimate of drug-likeness (QED) is 0.466.